The van der Waals surface area contributed by atoms with E-state index in [1.807, 2.05) is 6.20 Å². The molecule has 1 heterocycles. The van der Waals surface area contributed by atoms with Crippen LogP contribution in [0.2, 0.25) is 0 Å². The molecule has 3 fully saturated rings. The second kappa shape index (κ2) is 12.3. The van der Waals surface area contributed by atoms with Crippen molar-refractivity contribution in [3.05, 3.63) is 119 Å². The average molecular weight is 619 g/mol. The first-order valence-electron chi connectivity index (χ1n) is 18.4. The number of rotatable bonds is 8. The number of nitrogens with zero attached hydrogens (tertiary/aromatic N) is 2. The lowest BCUT2D eigenvalue weighted by atomic mass is 9.80. The third kappa shape index (κ3) is 5.48. The van der Waals surface area contributed by atoms with Crippen LogP contribution in [0.1, 0.15) is 118 Å². The lowest BCUT2D eigenvalue weighted by molar-refractivity contribution is 0.643. The van der Waals surface area contributed by atoms with E-state index in [1.54, 1.807) is 16.7 Å². The Bertz CT molecular complexity index is 1860. The number of hydrogen-bond donors (Lipinski definition) is 0. The summed E-state index contributed by atoms with van der Waals surface area (Å²) < 4.78 is 2.32. The SMILES string of the molecule is CC[C@H]1CC1(C)c1ccc(-c2c(C3CCCC3)cccc2C2CCCC2)cc1-c1nccn1-c1ccc(-c2cc(C)ccc2C)cc1. The van der Waals surface area contributed by atoms with Crippen molar-refractivity contribution >= 4 is 0 Å². The van der Waals surface area contributed by atoms with Gasteiger partial charge in [0.2, 0.25) is 0 Å². The fourth-order valence-electron chi connectivity index (χ4n) is 9.40. The van der Waals surface area contributed by atoms with Crippen LogP contribution in [0.25, 0.3) is 39.3 Å². The van der Waals surface area contributed by atoms with Gasteiger partial charge in [0.15, 0.2) is 0 Å². The van der Waals surface area contributed by atoms with Crippen LogP contribution in [-0.2, 0) is 5.41 Å². The summed E-state index contributed by atoms with van der Waals surface area (Å²) in [5.41, 5.74) is 15.4. The Morgan fingerprint density at radius 2 is 1.40 bits per heavy atom. The minimum Gasteiger partial charge on any atom is -0.300 e. The Morgan fingerprint density at radius 1 is 0.745 bits per heavy atom. The first kappa shape index (κ1) is 30.4. The standard InChI is InChI=1S/C45H50N2/c1-5-36-29-45(36,4)42-24-21-35(43-38(32-11-6-7-12-32)15-10-16-39(43)33-13-8-9-14-33)28-41(42)44-46-25-26-47(44)37-22-19-34(20-23-37)40-27-30(2)17-18-31(40)3/h10,15-28,32-33,36H,5-9,11-14,29H2,1-4H3/t36-,45?/m0/s1. The molecule has 3 aliphatic carbocycles. The molecular formula is C45H50N2. The van der Waals surface area contributed by atoms with Gasteiger partial charge in [0, 0.05) is 23.6 Å². The summed E-state index contributed by atoms with van der Waals surface area (Å²) in [5, 5.41) is 0. The molecule has 2 heteroatoms. The van der Waals surface area contributed by atoms with E-state index in [0.717, 1.165) is 17.4 Å². The van der Waals surface area contributed by atoms with Crippen LogP contribution in [0.5, 0.6) is 0 Å². The van der Waals surface area contributed by atoms with E-state index in [4.69, 9.17) is 4.98 Å². The van der Waals surface area contributed by atoms with Crippen LogP contribution in [0.4, 0.5) is 0 Å². The van der Waals surface area contributed by atoms with E-state index in [-0.39, 0.29) is 5.41 Å². The molecule has 0 aliphatic heterocycles. The van der Waals surface area contributed by atoms with Gasteiger partial charge >= 0.3 is 0 Å². The summed E-state index contributed by atoms with van der Waals surface area (Å²) >= 11 is 0. The average Bonchev–Trinajstić information content (AvgIpc) is 3.69. The van der Waals surface area contributed by atoms with Crippen molar-refractivity contribution < 1.29 is 0 Å². The summed E-state index contributed by atoms with van der Waals surface area (Å²) in [7, 11) is 0. The Balaban J connectivity index is 1.27. The van der Waals surface area contributed by atoms with Crippen molar-refractivity contribution in [1.29, 1.82) is 0 Å². The van der Waals surface area contributed by atoms with Crippen molar-refractivity contribution in [2.75, 3.05) is 0 Å². The summed E-state index contributed by atoms with van der Waals surface area (Å²) in [6.07, 6.45) is 17.4. The third-order valence-electron chi connectivity index (χ3n) is 12.3. The molecule has 3 aliphatic rings. The molecule has 4 aromatic carbocycles. The zero-order valence-corrected chi connectivity index (χ0v) is 28.9. The maximum Gasteiger partial charge on any atom is 0.144 e. The molecule has 47 heavy (non-hydrogen) atoms. The van der Waals surface area contributed by atoms with Gasteiger partial charge in [0.1, 0.15) is 5.82 Å². The van der Waals surface area contributed by atoms with Gasteiger partial charge in [-0.3, -0.25) is 4.57 Å². The molecule has 0 bridgehead atoms. The lowest BCUT2D eigenvalue weighted by Gasteiger charge is -2.25. The summed E-state index contributed by atoms with van der Waals surface area (Å²) in [5.74, 6) is 3.15. The van der Waals surface area contributed by atoms with Gasteiger partial charge in [-0.05, 0) is 132 Å². The van der Waals surface area contributed by atoms with Gasteiger partial charge in [0.25, 0.3) is 0 Å². The Morgan fingerprint density at radius 3 is 2.04 bits per heavy atom. The van der Waals surface area contributed by atoms with Crippen molar-refractivity contribution in [2.24, 2.45) is 5.92 Å². The highest BCUT2D eigenvalue weighted by molar-refractivity contribution is 5.79. The molecule has 2 atom stereocenters. The van der Waals surface area contributed by atoms with E-state index in [2.05, 4.69) is 117 Å². The summed E-state index contributed by atoms with van der Waals surface area (Å²) in [6, 6.07) is 30.6. The molecule has 0 saturated heterocycles. The highest BCUT2D eigenvalue weighted by Crippen LogP contribution is 2.58. The largest absolute Gasteiger partial charge is 0.300 e. The van der Waals surface area contributed by atoms with Crippen molar-refractivity contribution in [1.82, 2.24) is 9.55 Å². The molecule has 1 unspecified atom stereocenters. The van der Waals surface area contributed by atoms with Gasteiger partial charge in [-0.1, -0.05) is 112 Å². The first-order valence-corrected chi connectivity index (χ1v) is 18.4. The first-order chi connectivity index (χ1) is 22.9. The van der Waals surface area contributed by atoms with E-state index < -0.39 is 0 Å². The van der Waals surface area contributed by atoms with Gasteiger partial charge in [0.05, 0.1) is 0 Å². The van der Waals surface area contributed by atoms with Gasteiger partial charge in [-0.25, -0.2) is 4.98 Å². The Labute approximate surface area is 282 Å². The zero-order valence-electron chi connectivity index (χ0n) is 28.9. The maximum absolute atomic E-state index is 5.12. The predicted molar refractivity (Wildman–Crippen MR) is 198 cm³/mol. The molecule has 0 amide bonds. The molecule has 5 aromatic rings. The molecule has 8 rings (SSSR count). The summed E-state index contributed by atoms with van der Waals surface area (Å²) in [4.78, 5) is 5.12. The molecule has 0 spiro atoms. The number of hydrogen-bond acceptors (Lipinski definition) is 1. The highest BCUT2D eigenvalue weighted by Gasteiger charge is 2.51. The van der Waals surface area contributed by atoms with Crippen LogP contribution in [0.3, 0.4) is 0 Å². The number of imidazole rings is 1. The van der Waals surface area contributed by atoms with E-state index >= 15 is 0 Å². The molecular weight excluding hydrogens is 569 g/mol. The van der Waals surface area contributed by atoms with Crippen molar-refractivity contribution in [3.63, 3.8) is 0 Å². The van der Waals surface area contributed by atoms with E-state index in [0.29, 0.717) is 11.8 Å². The quantitative estimate of drug-likeness (QED) is 0.169. The topological polar surface area (TPSA) is 17.8 Å². The smallest absolute Gasteiger partial charge is 0.144 e. The minimum absolute atomic E-state index is 0.200. The maximum atomic E-state index is 5.12. The molecule has 2 nitrogen and oxygen atoms in total. The number of aromatic nitrogens is 2. The predicted octanol–water partition coefficient (Wildman–Crippen LogP) is 12.5. The van der Waals surface area contributed by atoms with Gasteiger partial charge in [-0.2, -0.15) is 0 Å². The molecule has 1 aromatic heterocycles. The minimum atomic E-state index is 0.200. The van der Waals surface area contributed by atoms with Crippen molar-refractivity contribution in [3.8, 4) is 39.3 Å². The molecule has 0 radical (unpaired) electrons. The van der Waals surface area contributed by atoms with Crippen LogP contribution in [0, 0.1) is 19.8 Å². The van der Waals surface area contributed by atoms with Crippen LogP contribution < -0.4 is 0 Å². The second-order valence-corrected chi connectivity index (χ2v) is 15.2. The van der Waals surface area contributed by atoms with Crippen LogP contribution >= 0.6 is 0 Å². The Kier molecular flexibility index (Phi) is 7.95. The lowest BCUT2D eigenvalue weighted by Crippen LogP contribution is -2.10. The zero-order chi connectivity index (χ0) is 32.1. The van der Waals surface area contributed by atoms with E-state index in [9.17, 15) is 0 Å². The van der Waals surface area contributed by atoms with Crippen molar-refractivity contribution in [2.45, 2.75) is 109 Å². The fraction of sp³-hybridized carbons (Fsp3) is 0.400. The fourth-order valence-corrected chi connectivity index (χ4v) is 9.40. The van der Waals surface area contributed by atoms with E-state index in [1.165, 1.54) is 103 Å². The van der Waals surface area contributed by atoms with Gasteiger partial charge < -0.3 is 0 Å². The number of benzene rings is 4. The third-order valence-corrected chi connectivity index (χ3v) is 12.3. The van der Waals surface area contributed by atoms with Crippen LogP contribution in [0.15, 0.2) is 91.3 Å². The Hall–Kier alpha value is -3.91. The number of aryl methyl sites for hydroxylation is 2. The molecule has 3 saturated carbocycles. The van der Waals surface area contributed by atoms with Gasteiger partial charge in [-0.15, -0.1) is 0 Å². The normalized spacial score (nSPS) is 21.5. The molecule has 240 valence electrons. The second-order valence-electron chi connectivity index (χ2n) is 15.2. The van der Waals surface area contributed by atoms with Crippen LogP contribution in [-0.4, -0.2) is 9.55 Å². The highest BCUT2D eigenvalue weighted by atomic mass is 15.1. The summed E-state index contributed by atoms with van der Waals surface area (Å²) in [6.45, 7) is 9.22. The monoisotopic (exact) mass is 618 g/mol. The molecule has 0 N–H and O–H groups in total.